The molecule has 2 N–H and O–H groups in total. The second-order valence-electron chi connectivity index (χ2n) is 4.61. The summed E-state index contributed by atoms with van der Waals surface area (Å²) in [6.07, 6.45) is 7.50. The summed E-state index contributed by atoms with van der Waals surface area (Å²) in [5.74, 6) is 0. The van der Waals surface area contributed by atoms with Crippen molar-refractivity contribution in [3.63, 3.8) is 0 Å². The number of hydrogen-bond acceptors (Lipinski definition) is 3. The van der Waals surface area contributed by atoms with E-state index in [2.05, 4.69) is 17.5 Å². The highest BCUT2D eigenvalue weighted by molar-refractivity contribution is 7.09. The van der Waals surface area contributed by atoms with Crippen LogP contribution in [-0.2, 0) is 11.2 Å². The van der Waals surface area contributed by atoms with Gasteiger partial charge in [0.15, 0.2) is 0 Å². The summed E-state index contributed by atoms with van der Waals surface area (Å²) in [5, 5.41) is 2.12. The van der Waals surface area contributed by atoms with Gasteiger partial charge in [-0.25, -0.2) is 0 Å². The topological polar surface area (TPSA) is 35.2 Å². The van der Waals surface area contributed by atoms with E-state index in [1.807, 2.05) is 0 Å². The molecule has 2 atom stereocenters. The monoisotopic (exact) mass is 239 g/mol. The van der Waals surface area contributed by atoms with Crippen molar-refractivity contribution in [3.8, 4) is 0 Å². The van der Waals surface area contributed by atoms with E-state index in [1.165, 1.54) is 24.1 Å². The molecule has 1 aromatic rings. The van der Waals surface area contributed by atoms with Gasteiger partial charge in [-0.05, 0) is 50.0 Å². The lowest BCUT2D eigenvalue weighted by Gasteiger charge is -2.23. The van der Waals surface area contributed by atoms with E-state index in [-0.39, 0.29) is 0 Å². The third-order valence-electron chi connectivity index (χ3n) is 3.18. The minimum absolute atomic E-state index is 0.296. The van der Waals surface area contributed by atoms with E-state index < -0.39 is 0 Å². The zero-order valence-corrected chi connectivity index (χ0v) is 10.5. The molecule has 0 aromatic carbocycles. The van der Waals surface area contributed by atoms with Gasteiger partial charge < -0.3 is 10.5 Å². The molecular weight excluding hydrogens is 218 g/mol. The van der Waals surface area contributed by atoms with Crippen LogP contribution >= 0.6 is 11.3 Å². The van der Waals surface area contributed by atoms with Crippen molar-refractivity contribution in [2.75, 3.05) is 6.61 Å². The molecule has 0 saturated carbocycles. The van der Waals surface area contributed by atoms with E-state index in [4.69, 9.17) is 10.5 Å². The Kier molecular flexibility index (Phi) is 4.82. The first-order valence-corrected chi connectivity index (χ1v) is 7.12. The molecule has 2 unspecified atom stereocenters. The molecule has 1 aromatic heterocycles. The molecule has 1 aliphatic rings. The number of nitrogens with two attached hydrogens (primary N) is 1. The highest BCUT2D eigenvalue weighted by atomic mass is 32.1. The van der Waals surface area contributed by atoms with Crippen molar-refractivity contribution >= 4 is 11.3 Å². The zero-order valence-electron chi connectivity index (χ0n) is 9.73. The SMILES string of the molecule is NC(CCC1CCCCO1)Cc1cccs1. The predicted octanol–water partition coefficient (Wildman–Crippen LogP) is 2.97. The van der Waals surface area contributed by atoms with Crippen LogP contribution in [0.3, 0.4) is 0 Å². The van der Waals surface area contributed by atoms with Gasteiger partial charge in [0, 0.05) is 17.5 Å². The first kappa shape index (κ1) is 12.1. The van der Waals surface area contributed by atoms with E-state index >= 15 is 0 Å². The Morgan fingerprint density at radius 1 is 1.50 bits per heavy atom. The molecule has 1 fully saturated rings. The molecule has 0 spiro atoms. The van der Waals surface area contributed by atoms with Gasteiger partial charge in [-0.3, -0.25) is 0 Å². The molecule has 0 radical (unpaired) electrons. The van der Waals surface area contributed by atoms with Gasteiger partial charge in [0.2, 0.25) is 0 Å². The van der Waals surface area contributed by atoms with Crippen LogP contribution in [-0.4, -0.2) is 18.8 Å². The highest BCUT2D eigenvalue weighted by Gasteiger charge is 2.15. The summed E-state index contributed by atoms with van der Waals surface area (Å²) >= 11 is 1.80. The summed E-state index contributed by atoms with van der Waals surface area (Å²) in [4.78, 5) is 1.40. The van der Waals surface area contributed by atoms with E-state index in [9.17, 15) is 0 Å². The molecule has 16 heavy (non-hydrogen) atoms. The Hall–Kier alpha value is -0.380. The average molecular weight is 239 g/mol. The maximum absolute atomic E-state index is 6.13. The fraction of sp³-hybridized carbons (Fsp3) is 0.692. The summed E-state index contributed by atoms with van der Waals surface area (Å²) in [6, 6.07) is 4.56. The van der Waals surface area contributed by atoms with Gasteiger partial charge in [-0.1, -0.05) is 6.07 Å². The van der Waals surface area contributed by atoms with Crippen molar-refractivity contribution in [1.82, 2.24) is 0 Å². The zero-order chi connectivity index (χ0) is 11.2. The van der Waals surface area contributed by atoms with E-state index in [1.54, 1.807) is 11.3 Å². The third-order valence-corrected chi connectivity index (χ3v) is 4.08. The van der Waals surface area contributed by atoms with Gasteiger partial charge in [0.1, 0.15) is 0 Å². The fourth-order valence-corrected chi connectivity index (χ4v) is 3.02. The Bertz CT molecular complexity index is 280. The smallest absolute Gasteiger partial charge is 0.0575 e. The molecule has 3 heteroatoms. The molecule has 2 rings (SSSR count). The summed E-state index contributed by atoms with van der Waals surface area (Å²) in [5.41, 5.74) is 6.13. The van der Waals surface area contributed by atoms with Gasteiger partial charge in [0.25, 0.3) is 0 Å². The lowest BCUT2D eigenvalue weighted by Crippen LogP contribution is -2.26. The Morgan fingerprint density at radius 3 is 3.12 bits per heavy atom. The summed E-state index contributed by atoms with van der Waals surface area (Å²) in [7, 11) is 0. The molecule has 0 amide bonds. The average Bonchev–Trinajstić information content (AvgIpc) is 2.81. The predicted molar refractivity (Wildman–Crippen MR) is 68.8 cm³/mol. The van der Waals surface area contributed by atoms with Crippen molar-refractivity contribution in [1.29, 1.82) is 0 Å². The van der Waals surface area contributed by atoms with Crippen LogP contribution in [0.15, 0.2) is 17.5 Å². The van der Waals surface area contributed by atoms with Crippen LogP contribution in [0.5, 0.6) is 0 Å². The lowest BCUT2D eigenvalue weighted by molar-refractivity contribution is 0.00916. The quantitative estimate of drug-likeness (QED) is 0.857. The van der Waals surface area contributed by atoms with Crippen LogP contribution in [0.1, 0.15) is 37.0 Å². The van der Waals surface area contributed by atoms with Crippen LogP contribution in [0.2, 0.25) is 0 Å². The standard InChI is InChI=1S/C13H21NOS/c14-11(10-13-5-3-9-16-13)6-7-12-4-1-2-8-15-12/h3,5,9,11-12H,1-2,4,6-8,10,14H2. The van der Waals surface area contributed by atoms with E-state index in [0.29, 0.717) is 12.1 Å². The van der Waals surface area contributed by atoms with Crippen LogP contribution in [0, 0.1) is 0 Å². The first-order valence-electron chi connectivity index (χ1n) is 6.24. The molecule has 2 heterocycles. The van der Waals surface area contributed by atoms with Crippen molar-refractivity contribution < 1.29 is 4.74 Å². The van der Waals surface area contributed by atoms with Gasteiger partial charge in [0.05, 0.1) is 6.10 Å². The molecule has 0 bridgehead atoms. The van der Waals surface area contributed by atoms with Crippen molar-refractivity contribution in [2.24, 2.45) is 5.73 Å². The van der Waals surface area contributed by atoms with Crippen molar-refractivity contribution in [3.05, 3.63) is 22.4 Å². The van der Waals surface area contributed by atoms with E-state index in [0.717, 1.165) is 25.9 Å². The maximum atomic E-state index is 6.13. The number of rotatable bonds is 5. The number of ether oxygens (including phenoxy) is 1. The molecule has 2 nitrogen and oxygen atoms in total. The largest absolute Gasteiger partial charge is 0.378 e. The van der Waals surface area contributed by atoms with Gasteiger partial charge in [-0.2, -0.15) is 0 Å². The Morgan fingerprint density at radius 2 is 2.44 bits per heavy atom. The van der Waals surface area contributed by atoms with Crippen LogP contribution < -0.4 is 5.73 Å². The lowest BCUT2D eigenvalue weighted by atomic mass is 10.0. The molecule has 1 saturated heterocycles. The molecule has 0 aliphatic carbocycles. The number of hydrogen-bond donors (Lipinski definition) is 1. The Balaban J connectivity index is 1.65. The second kappa shape index (κ2) is 6.38. The van der Waals surface area contributed by atoms with Crippen molar-refractivity contribution in [2.45, 2.75) is 50.7 Å². The normalized spacial score (nSPS) is 23.2. The second-order valence-corrected chi connectivity index (χ2v) is 5.64. The minimum Gasteiger partial charge on any atom is -0.378 e. The minimum atomic E-state index is 0.296. The molecular formula is C13H21NOS. The first-order chi connectivity index (χ1) is 7.84. The molecule has 90 valence electrons. The Labute approximate surface area is 102 Å². The highest BCUT2D eigenvalue weighted by Crippen LogP contribution is 2.19. The molecule has 1 aliphatic heterocycles. The number of thiophene rings is 1. The van der Waals surface area contributed by atoms with Crippen LogP contribution in [0.25, 0.3) is 0 Å². The maximum Gasteiger partial charge on any atom is 0.0575 e. The van der Waals surface area contributed by atoms with Gasteiger partial charge in [-0.15, -0.1) is 11.3 Å². The fourth-order valence-electron chi connectivity index (χ4n) is 2.22. The summed E-state index contributed by atoms with van der Waals surface area (Å²) < 4.78 is 5.71. The summed E-state index contributed by atoms with van der Waals surface area (Å²) in [6.45, 7) is 0.949. The van der Waals surface area contributed by atoms with Crippen LogP contribution in [0.4, 0.5) is 0 Å². The van der Waals surface area contributed by atoms with Gasteiger partial charge >= 0.3 is 0 Å². The third kappa shape index (κ3) is 3.89.